The quantitative estimate of drug-likeness (QED) is 0.126. The van der Waals surface area contributed by atoms with Crippen LogP contribution >= 0.6 is 0 Å². The van der Waals surface area contributed by atoms with Crippen LogP contribution < -0.4 is 0 Å². The summed E-state index contributed by atoms with van der Waals surface area (Å²) in [7, 11) is 1.67. The maximum atomic E-state index is 5.59. The normalized spacial score (nSPS) is 11.6. The van der Waals surface area contributed by atoms with E-state index in [0.29, 0.717) is 6.79 Å². The first kappa shape index (κ1) is 27.8. The SMILES string of the molecule is CCOC(CCCCCCCCCCCCCCCCCOCOC)OCC. The summed E-state index contributed by atoms with van der Waals surface area (Å²) in [6.07, 6.45) is 21.5. The second-order valence-electron chi connectivity index (χ2n) is 7.75. The molecule has 0 N–H and O–H groups in total. The minimum atomic E-state index is 0.0184. The van der Waals surface area contributed by atoms with E-state index in [9.17, 15) is 0 Å². The van der Waals surface area contributed by atoms with E-state index in [4.69, 9.17) is 18.9 Å². The van der Waals surface area contributed by atoms with Crippen molar-refractivity contribution in [2.24, 2.45) is 0 Å². The van der Waals surface area contributed by atoms with Crippen molar-refractivity contribution in [1.29, 1.82) is 0 Å². The molecule has 0 saturated carbocycles. The van der Waals surface area contributed by atoms with Gasteiger partial charge in [0.15, 0.2) is 6.29 Å². The summed E-state index contributed by atoms with van der Waals surface area (Å²) in [5, 5.41) is 0. The van der Waals surface area contributed by atoms with E-state index in [2.05, 4.69) is 0 Å². The smallest absolute Gasteiger partial charge is 0.157 e. The van der Waals surface area contributed by atoms with Gasteiger partial charge >= 0.3 is 0 Å². The number of hydrogen-bond acceptors (Lipinski definition) is 4. The van der Waals surface area contributed by atoms with Crippen molar-refractivity contribution in [1.82, 2.24) is 0 Å². The molecule has 0 aromatic heterocycles. The third-order valence-electron chi connectivity index (χ3n) is 5.13. The molecule has 0 aromatic carbocycles. The second kappa shape index (κ2) is 24.9. The molecule has 0 spiro atoms. The highest BCUT2D eigenvalue weighted by molar-refractivity contribution is 4.51. The van der Waals surface area contributed by atoms with Crippen LogP contribution in [-0.2, 0) is 18.9 Å². The van der Waals surface area contributed by atoms with Crippen molar-refractivity contribution >= 4 is 0 Å². The van der Waals surface area contributed by atoms with Crippen molar-refractivity contribution in [2.45, 2.75) is 123 Å². The van der Waals surface area contributed by atoms with Crippen LogP contribution in [0.25, 0.3) is 0 Å². The molecular weight excluding hydrogens is 352 g/mol. The molecule has 0 aliphatic heterocycles. The zero-order chi connectivity index (χ0) is 20.5. The Balaban J connectivity index is 3.12. The number of methoxy groups -OCH3 is 1. The molecule has 0 aliphatic carbocycles. The molecule has 0 saturated heterocycles. The van der Waals surface area contributed by atoms with Gasteiger partial charge in [0.1, 0.15) is 6.79 Å². The minimum absolute atomic E-state index is 0.0184. The van der Waals surface area contributed by atoms with Crippen LogP contribution in [0.5, 0.6) is 0 Å². The van der Waals surface area contributed by atoms with Crippen LogP contribution in [0.3, 0.4) is 0 Å². The molecule has 4 heteroatoms. The molecule has 0 atom stereocenters. The molecule has 0 aliphatic rings. The van der Waals surface area contributed by atoms with Crippen molar-refractivity contribution in [2.75, 3.05) is 33.7 Å². The molecule has 0 fully saturated rings. The Morgan fingerprint density at radius 2 is 0.929 bits per heavy atom. The minimum Gasteiger partial charge on any atom is -0.359 e. The van der Waals surface area contributed by atoms with E-state index in [-0.39, 0.29) is 6.29 Å². The van der Waals surface area contributed by atoms with Gasteiger partial charge in [-0.15, -0.1) is 0 Å². The summed E-state index contributed by atoms with van der Waals surface area (Å²) >= 11 is 0. The topological polar surface area (TPSA) is 36.9 Å². The van der Waals surface area contributed by atoms with Gasteiger partial charge in [-0.2, -0.15) is 0 Å². The van der Waals surface area contributed by atoms with E-state index in [1.54, 1.807) is 7.11 Å². The van der Waals surface area contributed by atoms with Gasteiger partial charge in [0.2, 0.25) is 0 Å². The van der Waals surface area contributed by atoms with Gasteiger partial charge in [-0.05, 0) is 33.1 Å². The van der Waals surface area contributed by atoms with Crippen LogP contribution in [0.15, 0.2) is 0 Å². The molecule has 0 unspecified atom stereocenters. The van der Waals surface area contributed by atoms with Gasteiger partial charge < -0.3 is 18.9 Å². The first-order valence-electron chi connectivity index (χ1n) is 12.1. The highest BCUT2D eigenvalue weighted by atomic mass is 16.7. The molecule has 0 bridgehead atoms. The third kappa shape index (κ3) is 22.1. The highest BCUT2D eigenvalue weighted by Gasteiger charge is 2.06. The Kier molecular flexibility index (Phi) is 24.7. The Morgan fingerprint density at radius 1 is 0.536 bits per heavy atom. The molecule has 0 amide bonds. The zero-order valence-electron chi connectivity index (χ0n) is 19.4. The summed E-state index contributed by atoms with van der Waals surface area (Å²) in [6.45, 7) is 6.84. The van der Waals surface area contributed by atoms with Gasteiger partial charge in [0.05, 0.1) is 0 Å². The maximum absolute atomic E-state index is 5.59. The predicted octanol–water partition coefficient (Wildman–Crippen LogP) is 7.25. The first-order chi connectivity index (χ1) is 13.8. The molecule has 0 heterocycles. The van der Waals surface area contributed by atoms with Crippen molar-refractivity contribution in [3.63, 3.8) is 0 Å². The second-order valence-corrected chi connectivity index (χ2v) is 7.75. The van der Waals surface area contributed by atoms with Gasteiger partial charge in [-0.25, -0.2) is 0 Å². The Morgan fingerprint density at radius 3 is 1.32 bits per heavy atom. The van der Waals surface area contributed by atoms with Crippen LogP contribution in [0, 0.1) is 0 Å². The van der Waals surface area contributed by atoms with Crippen LogP contribution in [0.2, 0.25) is 0 Å². The summed E-state index contributed by atoms with van der Waals surface area (Å²) < 4.78 is 21.3. The number of rotatable bonds is 24. The third-order valence-corrected chi connectivity index (χ3v) is 5.13. The average Bonchev–Trinajstić information content (AvgIpc) is 2.70. The Labute approximate surface area is 176 Å². The van der Waals surface area contributed by atoms with E-state index >= 15 is 0 Å². The summed E-state index contributed by atoms with van der Waals surface area (Å²) in [5.74, 6) is 0. The van der Waals surface area contributed by atoms with Crippen LogP contribution in [0.4, 0.5) is 0 Å². The van der Waals surface area contributed by atoms with E-state index in [1.165, 1.54) is 96.3 Å². The zero-order valence-corrected chi connectivity index (χ0v) is 19.4. The van der Waals surface area contributed by atoms with Crippen molar-refractivity contribution < 1.29 is 18.9 Å². The molecule has 28 heavy (non-hydrogen) atoms. The number of unbranched alkanes of at least 4 members (excludes halogenated alkanes) is 14. The lowest BCUT2D eigenvalue weighted by molar-refractivity contribution is -0.140. The van der Waals surface area contributed by atoms with E-state index in [1.807, 2.05) is 13.8 Å². The highest BCUT2D eigenvalue weighted by Crippen LogP contribution is 2.15. The van der Waals surface area contributed by atoms with Crippen molar-refractivity contribution in [3.8, 4) is 0 Å². The van der Waals surface area contributed by atoms with Crippen molar-refractivity contribution in [3.05, 3.63) is 0 Å². The number of hydrogen-bond donors (Lipinski definition) is 0. The molecule has 4 nitrogen and oxygen atoms in total. The maximum Gasteiger partial charge on any atom is 0.157 e. The summed E-state index contributed by atoms with van der Waals surface area (Å²) in [5.41, 5.74) is 0. The lowest BCUT2D eigenvalue weighted by Gasteiger charge is -2.16. The molecule has 0 rings (SSSR count). The fraction of sp³-hybridized carbons (Fsp3) is 1.00. The molecule has 0 radical (unpaired) electrons. The number of ether oxygens (including phenoxy) is 4. The average molecular weight is 403 g/mol. The first-order valence-corrected chi connectivity index (χ1v) is 12.1. The van der Waals surface area contributed by atoms with Gasteiger partial charge in [0, 0.05) is 26.9 Å². The lowest BCUT2D eigenvalue weighted by atomic mass is 10.0. The van der Waals surface area contributed by atoms with Gasteiger partial charge in [0.25, 0.3) is 0 Å². The lowest BCUT2D eigenvalue weighted by Crippen LogP contribution is -2.17. The Hall–Kier alpha value is -0.160. The summed E-state index contributed by atoms with van der Waals surface area (Å²) in [6, 6.07) is 0. The van der Waals surface area contributed by atoms with Crippen LogP contribution in [0.1, 0.15) is 117 Å². The standard InChI is InChI=1S/C24H50O4/c1-4-27-24(28-5-2)21-19-17-15-13-11-9-7-6-8-10-12-14-16-18-20-22-26-23-25-3/h24H,4-23H2,1-3H3. The molecule has 0 aromatic rings. The fourth-order valence-corrected chi connectivity index (χ4v) is 3.54. The monoisotopic (exact) mass is 402 g/mol. The Bertz CT molecular complexity index is 267. The fourth-order valence-electron chi connectivity index (χ4n) is 3.54. The van der Waals surface area contributed by atoms with E-state index < -0.39 is 0 Å². The molecule has 170 valence electrons. The van der Waals surface area contributed by atoms with Gasteiger partial charge in [-0.3, -0.25) is 0 Å². The van der Waals surface area contributed by atoms with Crippen LogP contribution in [-0.4, -0.2) is 40.0 Å². The van der Waals surface area contributed by atoms with Gasteiger partial charge in [-0.1, -0.05) is 83.5 Å². The summed E-state index contributed by atoms with van der Waals surface area (Å²) in [4.78, 5) is 0. The predicted molar refractivity (Wildman–Crippen MR) is 119 cm³/mol. The molecular formula is C24H50O4. The van der Waals surface area contributed by atoms with E-state index in [0.717, 1.165) is 26.2 Å². The largest absolute Gasteiger partial charge is 0.359 e.